The maximum Gasteiger partial charge on any atom is 0.100 e. The highest BCUT2D eigenvalue weighted by Crippen LogP contribution is 2.40. The first-order valence-electron chi connectivity index (χ1n) is 3.95. The van der Waals surface area contributed by atoms with E-state index in [1.165, 1.54) is 38.2 Å². The molecule has 1 heteroatoms. The lowest BCUT2D eigenvalue weighted by atomic mass is 9.98. The lowest BCUT2D eigenvalue weighted by Gasteiger charge is -2.23. The first kappa shape index (κ1) is 5.72. The molecule has 0 bridgehead atoms. The summed E-state index contributed by atoms with van der Waals surface area (Å²) in [6.45, 7) is 0.992. The van der Waals surface area contributed by atoms with Gasteiger partial charge in [0.1, 0.15) is 6.10 Å². The molecule has 2 rings (SSSR count). The van der Waals surface area contributed by atoms with Crippen LogP contribution in [0.5, 0.6) is 0 Å². The Morgan fingerprint density at radius 1 is 1.22 bits per heavy atom. The Morgan fingerprint density at radius 3 is 3.00 bits per heavy atom. The summed E-state index contributed by atoms with van der Waals surface area (Å²) < 4.78 is 5.52. The number of ether oxygens (including phenoxy) is 1. The fourth-order valence-electron chi connectivity index (χ4n) is 1.92. The number of hydrogen-bond acceptors (Lipinski definition) is 1. The van der Waals surface area contributed by atoms with Gasteiger partial charge in [0.2, 0.25) is 0 Å². The van der Waals surface area contributed by atoms with E-state index in [0.717, 1.165) is 12.5 Å². The van der Waals surface area contributed by atoms with Crippen molar-refractivity contribution in [1.82, 2.24) is 0 Å². The molecule has 2 fully saturated rings. The van der Waals surface area contributed by atoms with E-state index in [4.69, 9.17) is 4.74 Å². The Labute approximate surface area is 56.4 Å². The van der Waals surface area contributed by atoms with E-state index in [0.29, 0.717) is 0 Å². The highest BCUT2D eigenvalue weighted by Gasteiger charge is 2.31. The van der Waals surface area contributed by atoms with Crippen LogP contribution in [-0.2, 0) is 4.74 Å². The van der Waals surface area contributed by atoms with E-state index in [-0.39, 0.29) is 0 Å². The van der Waals surface area contributed by atoms with Gasteiger partial charge in [0.25, 0.3) is 0 Å². The van der Waals surface area contributed by atoms with E-state index in [2.05, 4.69) is 0 Å². The third kappa shape index (κ3) is 0.983. The largest absolute Gasteiger partial charge is 0.372 e. The summed E-state index contributed by atoms with van der Waals surface area (Å²) in [4.78, 5) is 0. The highest BCUT2D eigenvalue weighted by atomic mass is 16.5. The number of hydrogen-bond donors (Lipinski definition) is 0. The van der Waals surface area contributed by atoms with Crippen LogP contribution in [0.1, 0.15) is 32.1 Å². The molecule has 0 N–H and O–H groups in total. The molecule has 1 aliphatic carbocycles. The third-order valence-corrected chi connectivity index (χ3v) is 2.42. The molecule has 1 saturated heterocycles. The van der Waals surface area contributed by atoms with Crippen molar-refractivity contribution in [3.63, 3.8) is 0 Å². The van der Waals surface area contributed by atoms with Gasteiger partial charge in [-0.2, -0.15) is 0 Å². The summed E-state index contributed by atoms with van der Waals surface area (Å²) in [5.41, 5.74) is 0. The molecular formula is C8H13O. The summed E-state index contributed by atoms with van der Waals surface area (Å²) in [5, 5.41) is 0. The third-order valence-electron chi connectivity index (χ3n) is 2.42. The van der Waals surface area contributed by atoms with E-state index in [1.54, 1.807) is 0 Å². The smallest absolute Gasteiger partial charge is 0.100 e. The van der Waals surface area contributed by atoms with Crippen LogP contribution in [0.15, 0.2) is 0 Å². The van der Waals surface area contributed by atoms with Gasteiger partial charge < -0.3 is 4.74 Å². The minimum Gasteiger partial charge on any atom is -0.372 e. The second kappa shape index (κ2) is 2.30. The Kier molecular flexibility index (Phi) is 1.46. The van der Waals surface area contributed by atoms with Crippen molar-refractivity contribution in [3.8, 4) is 0 Å². The van der Waals surface area contributed by atoms with Crippen LogP contribution < -0.4 is 0 Å². The van der Waals surface area contributed by atoms with Gasteiger partial charge in [0, 0.05) is 6.61 Å². The summed E-state index contributed by atoms with van der Waals surface area (Å²) in [6, 6.07) is 0. The minimum atomic E-state index is 0.860. The van der Waals surface area contributed by atoms with Crippen LogP contribution in [0, 0.1) is 12.0 Å². The van der Waals surface area contributed by atoms with Crippen molar-refractivity contribution in [2.45, 2.75) is 32.1 Å². The molecule has 1 heterocycles. The first-order valence-corrected chi connectivity index (χ1v) is 3.95. The topological polar surface area (TPSA) is 9.23 Å². The average molecular weight is 125 g/mol. The van der Waals surface area contributed by atoms with Crippen LogP contribution in [0.4, 0.5) is 0 Å². The van der Waals surface area contributed by atoms with E-state index in [1.807, 2.05) is 0 Å². The van der Waals surface area contributed by atoms with Gasteiger partial charge in [-0.3, -0.25) is 0 Å². The van der Waals surface area contributed by atoms with Gasteiger partial charge >= 0.3 is 0 Å². The fraction of sp³-hybridized carbons (Fsp3) is 0.875. The molecule has 0 aromatic rings. The molecule has 1 atom stereocenters. The van der Waals surface area contributed by atoms with E-state index in [9.17, 15) is 0 Å². The van der Waals surface area contributed by atoms with Gasteiger partial charge in [-0.25, -0.2) is 0 Å². The van der Waals surface area contributed by atoms with Gasteiger partial charge in [-0.1, -0.05) is 6.42 Å². The molecule has 1 unspecified atom stereocenters. The van der Waals surface area contributed by atoms with Crippen LogP contribution in [0.3, 0.4) is 0 Å². The zero-order valence-corrected chi connectivity index (χ0v) is 5.73. The van der Waals surface area contributed by atoms with E-state index >= 15 is 0 Å². The molecule has 51 valence electrons. The molecule has 0 aromatic carbocycles. The summed E-state index contributed by atoms with van der Waals surface area (Å²) in [6.07, 6.45) is 8.13. The lowest BCUT2D eigenvalue weighted by molar-refractivity contribution is 0.0723. The van der Waals surface area contributed by atoms with Gasteiger partial charge in [0.05, 0.1) is 0 Å². The second-order valence-electron chi connectivity index (χ2n) is 3.05. The molecule has 0 amide bonds. The van der Waals surface area contributed by atoms with Crippen molar-refractivity contribution < 1.29 is 4.74 Å². The predicted octanol–water partition coefficient (Wildman–Crippen LogP) is 2.13. The summed E-state index contributed by atoms with van der Waals surface area (Å²) >= 11 is 0. The van der Waals surface area contributed by atoms with Gasteiger partial charge in [-0.15, -0.1) is 0 Å². The van der Waals surface area contributed by atoms with Crippen LogP contribution in [0.25, 0.3) is 0 Å². The molecule has 2 aliphatic rings. The Bertz CT molecular complexity index is 88.7. The lowest BCUT2D eigenvalue weighted by Crippen LogP contribution is -2.16. The minimum absolute atomic E-state index is 0.860. The Hall–Kier alpha value is -0.0400. The van der Waals surface area contributed by atoms with Crippen molar-refractivity contribution in [2.75, 3.05) is 6.61 Å². The summed E-state index contributed by atoms with van der Waals surface area (Å²) in [5.74, 6) is 0.860. The van der Waals surface area contributed by atoms with Gasteiger partial charge in [-0.05, 0) is 31.6 Å². The highest BCUT2D eigenvalue weighted by molar-refractivity contribution is 4.95. The monoisotopic (exact) mass is 125 g/mol. The predicted molar refractivity (Wildman–Crippen MR) is 35.8 cm³/mol. The fourth-order valence-corrected chi connectivity index (χ4v) is 1.92. The molecule has 1 nitrogen and oxygen atoms in total. The quantitative estimate of drug-likeness (QED) is 0.482. The van der Waals surface area contributed by atoms with Crippen molar-refractivity contribution in [1.29, 1.82) is 0 Å². The van der Waals surface area contributed by atoms with Crippen LogP contribution in [0.2, 0.25) is 0 Å². The summed E-state index contributed by atoms with van der Waals surface area (Å²) in [7, 11) is 0. The molecule has 1 aliphatic heterocycles. The van der Waals surface area contributed by atoms with E-state index < -0.39 is 0 Å². The molecular weight excluding hydrogens is 112 g/mol. The second-order valence-corrected chi connectivity index (χ2v) is 3.05. The van der Waals surface area contributed by atoms with Crippen molar-refractivity contribution >= 4 is 0 Å². The van der Waals surface area contributed by atoms with Crippen LogP contribution >= 0.6 is 0 Å². The molecule has 1 radical (unpaired) electrons. The van der Waals surface area contributed by atoms with Gasteiger partial charge in [0.15, 0.2) is 0 Å². The van der Waals surface area contributed by atoms with Crippen LogP contribution in [-0.4, -0.2) is 6.61 Å². The molecule has 0 spiro atoms. The standard InChI is InChI=1S/C8H13O/c1-3-7-4-2-6-9-8(7)5-1/h7H,1-6H2. The maximum atomic E-state index is 5.52. The zero-order chi connectivity index (χ0) is 6.10. The van der Waals surface area contributed by atoms with Crippen molar-refractivity contribution in [3.05, 3.63) is 6.10 Å². The Morgan fingerprint density at radius 2 is 2.11 bits per heavy atom. The number of fused-ring (bicyclic) bond motifs is 1. The normalized spacial score (nSPS) is 36.7. The maximum absolute atomic E-state index is 5.52. The molecule has 1 saturated carbocycles. The Balaban J connectivity index is 1.97. The molecule has 0 aromatic heterocycles. The zero-order valence-electron chi connectivity index (χ0n) is 5.73. The number of rotatable bonds is 0. The SMILES string of the molecule is C1CO[C]2CCCC2C1. The average Bonchev–Trinajstić information content (AvgIpc) is 2.33. The molecule has 9 heavy (non-hydrogen) atoms. The van der Waals surface area contributed by atoms with Crippen molar-refractivity contribution in [2.24, 2.45) is 5.92 Å². The first-order chi connectivity index (χ1) is 4.47.